The molecule has 0 aromatic heterocycles. The molecule has 0 aliphatic carbocycles. The van der Waals surface area contributed by atoms with E-state index in [0.29, 0.717) is 17.9 Å². The quantitative estimate of drug-likeness (QED) is 0.686. The number of amides is 2. The van der Waals surface area contributed by atoms with E-state index in [1.165, 1.54) is 4.90 Å². The summed E-state index contributed by atoms with van der Waals surface area (Å²) in [4.78, 5) is 27.8. The van der Waals surface area contributed by atoms with Gasteiger partial charge in [-0.2, -0.15) is 0 Å². The van der Waals surface area contributed by atoms with Crippen LogP contribution in [0.2, 0.25) is 0 Å². The molecule has 0 bridgehead atoms. The first-order chi connectivity index (χ1) is 14.2. The summed E-state index contributed by atoms with van der Waals surface area (Å²) >= 11 is 0. The lowest BCUT2D eigenvalue weighted by atomic mass is 9.99. The molecule has 0 saturated heterocycles. The molecule has 0 spiro atoms. The number of benzene rings is 2. The van der Waals surface area contributed by atoms with Gasteiger partial charge < -0.3 is 10.1 Å². The minimum atomic E-state index is -0.318. The van der Waals surface area contributed by atoms with Crippen LogP contribution in [0.1, 0.15) is 41.7 Å². The van der Waals surface area contributed by atoms with Gasteiger partial charge in [0.2, 0.25) is 0 Å². The maximum absolute atomic E-state index is 13.3. The molecule has 0 saturated carbocycles. The number of hydrogen-bond acceptors (Lipinski definition) is 4. The van der Waals surface area contributed by atoms with Crippen LogP contribution >= 0.6 is 0 Å². The number of hydrogen-bond donors (Lipinski definition) is 1. The second-order valence-electron chi connectivity index (χ2n) is 8.17. The highest BCUT2D eigenvalue weighted by molar-refractivity contribution is 6.36. The molecule has 158 valence electrons. The van der Waals surface area contributed by atoms with Gasteiger partial charge in [-0.1, -0.05) is 30.3 Å². The van der Waals surface area contributed by atoms with E-state index in [-0.39, 0.29) is 24.5 Å². The molecule has 0 unspecified atom stereocenters. The molecule has 2 amide bonds. The number of nitrogens with one attached hydrogen (secondary N) is 1. The lowest BCUT2D eigenvalue weighted by Crippen LogP contribution is -2.35. The summed E-state index contributed by atoms with van der Waals surface area (Å²) in [6.45, 7) is 12.4. The number of aryl methyl sites for hydroxylation is 4. The van der Waals surface area contributed by atoms with Crippen molar-refractivity contribution >= 4 is 23.1 Å². The second kappa shape index (κ2) is 8.84. The maximum Gasteiger partial charge on any atom is 0.278 e. The Morgan fingerprint density at radius 2 is 1.60 bits per heavy atom. The Bertz CT molecular complexity index is 1020. The average Bonchev–Trinajstić information content (AvgIpc) is 2.91. The standard InChI is InChI=1S/C25H30N2O3/c1-15(2)30-12-11-27-24(28)22(20-10-9-17(4)19(6)14-20)23(25(27)29)26-21-13-16(3)7-8-18(21)5/h7-10,13-15,26H,11-12H2,1-6H3. The van der Waals surface area contributed by atoms with Gasteiger partial charge in [0.15, 0.2) is 0 Å². The molecule has 1 aliphatic rings. The van der Waals surface area contributed by atoms with Gasteiger partial charge in [0, 0.05) is 5.69 Å². The van der Waals surface area contributed by atoms with Crippen molar-refractivity contribution in [3.8, 4) is 0 Å². The lowest BCUT2D eigenvalue weighted by molar-refractivity contribution is -0.137. The fourth-order valence-electron chi connectivity index (χ4n) is 3.44. The minimum Gasteiger partial charge on any atom is -0.377 e. The van der Waals surface area contributed by atoms with E-state index in [9.17, 15) is 9.59 Å². The summed E-state index contributed by atoms with van der Waals surface area (Å²) in [6, 6.07) is 11.9. The number of anilines is 1. The third-order valence-electron chi connectivity index (χ3n) is 5.38. The van der Waals surface area contributed by atoms with Crippen LogP contribution in [0, 0.1) is 27.7 Å². The van der Waals surface area contributed by atoms with Crippen LogP contribution in [0.3, 0.4) is 0 Å². The van der Waals surface area contributed by atoms with E-state index in [2.05, 4.69) is 5.32 Å². The van der Waals surface area contributed by atoms with Gasteiger partial charge in [0.25, 0.3) is 11.8 Å². The van der Waals surface area contributed by atoms with Gasteiger partial charge in [0.1, 0.15) is 5.70 Å². The van der Waals surface area contributed by atoms with E-state index >= 15 is 0 Å². The molecule has 0 atom stereocenters. The minimum absolute atomic E-state index is 0.0394. The van der Waals surface area contributed by atoms with E-state index in [4.69, 9.17) is 4.74 Å². The third kappa shape index (κ3) is 4.46. The van der Waals surface area contributed by atoms with Crippen LogP contribution in [0.5, 0.6) is 0 Å². The topological polar surface area (TPSA) is 58.6 Å². The number of ether oxygens (including phenoxy) is 1. The van der Waals surface area contributed by atoms with Gasteiger partial charge in [-0.3, -0.25) is 14.5 Å². The predicted molar refractivity (Wildman–Crippen MR) is 120 cm³/mol. The van der Waals surface area contributed by atoms with Crippen molar-refractivity contribution in [1.82, 2.24) is 4.90 Å². The first-order valence-corrected chi connectivity index (χ1v) is 10.3. The maximum atomic E-state index is 13.3. The van der Waals surface area contributed by atoms with Crippen LogP contribution in [0.15, 0.2) is 42.1 Å². The highest BCUT2D eigenvalue weighted by Gasteiger charge is 2.39. The molecule has 1 heterocycles. The number of nitrogens with zero attached hydrogens (tertiary/aromatic N) is 1. The molecule has 3 rings (SSSR count). The van der Waals surface area contributed by atoms with E-state index in [1.54, 1.807) is 0 Å². The Morgan fingerprint density at radius 3 is 2.27 bits per heavy atom. The normalized spacial score (nSPS) is 14.3. The SMILES string of the molecule is Cc1ccc(C)c(NC2=C(c3ccc(C)c(C)c3)C(=O)N(CCOC(C)C)C2=O)c1. The van der Waals surface area contributed by atoms with E-state index in [1.807, 2.05) is 77.9 Å². The zero-order chi connectivity index (χ0) is 22.0. The second-order valence-corrected chi connectivity index (χ2v) is 8.17. The van der Waals surface area contributed by atoms with Crippen molar-refractivity contribution in [2.75, 3.05) is 18.5 Å². The molecule has 2 aromatic carbocycles. The molecular formula is C25H30N2O3. The first kappa shape index (κ1) is 21.8. The zero-order valence-corrected chi connectivity index (χ0v) is 18.6. The molecule has 1 aliphatic heterocycles. The van der Waals surface area contributed by atoms with Crippen molar-refractivity contribution in [2.24, 2.45) is 0 Å². The van der Waals surface area contributed by atoms with Gasteiger partial charge >= 0.3 is 0 Å². The van der Waals surface area contributed by atoms with Gasteiger partial charge in [-0.25, -0.2) is 0 Å². The molecule has 0 fully saturated rings. The van der Waals surface area contributed by atoms with Crippen LogP contribution in [-0.2, 0) is 14.3 Å². The van der Waals surface area contributed by atoms with Crippen molar-refractivity contribution in [1.29, 1.82) is 0 Å². The molecular weight excluding hydrogens is 376 g/mol. The van der Waals surface area contributed by atoms with Crippen LogP contribution in [0.4, 0.5) is 5.69 Å². The van der Waals surface area contributed by atoms with Gasteiger partial charge in [-0.05, 0) is 75.4 Å². The molecule has 5 heteroatoms. The van der Waals surface area contributed by atoms with Crippen molar-refractivity contribution < 1.29 is 14.3 Å². The molecule has 0 radical (unpaired) electrons. The molecule has 30 heavy (non-hydrogen) atoms. The van der Waals surface area contributed by atoms with E-state index < -0.39 is 0 Å². The van der Waals surface area contributed by atoms with Gasteiger partial charge in [0.05, 0.1) is 24.8 Å². The zero-order valence-electron chi connectivity index (χ0n) is 18.6. The number of rotatable bonds is 7. The number of carbonyl (C=O) groups excluding carboxylic acids is 2. The monoisotopic (exact) mass is 406 g/mol. The van der Waals surface area contributed by atoms with Gasteiger partial charge in [-0.15, -0.1) is 0 Å². The number of imide groups is 1. The molecule has 1 N–H and O–H groups in total. The third-order valence-corrected chi connectivity index (χ3v) is 5.38. The Balaban J connectivity index is 2.03. The average molecular weight is 407 g/mol. The largest absolute Gasteiger partial charge is 0.377 e. The van der Waals surface area contributed by atoms with E-state index in [0.717, 1.165) is 33.5 Å². The highest BCUT2D eigenvalue weighted by atomic mass is 16.5. The molecule has 5 nitrogen and oxygen atoms in total. The summed E-state index contributed by atoms with van der Waals surface area (Å²) in [7, 11) is 0. The van der Waals surface area contributed by atoms with Crippen LogP contribution in [0.25, 0.3) is 5.57 Å². The fraction of sp³-hybridized carbons (Fsp3) is 0.360. The Hall–Kier alpha value is -2.92. The molecule has 2 aromatic rings. The predicted octanol–water partition coefficient (Wildman–Crippen LogP) is 4.54. The smallest absolute Gasteiger partial charge is 0.278 e. The summed E-state index contributed by atoms with van der Waals surface area (Å²) in [5.41, 5.74) is 6.61. The summed E-state index contributed by atoms with van der Waals surface area (Å²) in [5.74, 6) is -0.607. The number of carbonyl (C=O) groups is 2. The Labute approximate surface area is 178 Å². The highest BCUT2D eigenvalue weighted by Crippen LogP contribution is 2.32. The van der Waals surface area contributed by atoms with Crippen molar-refractivity contribution in [3.63, 3.8) is 0 Å². The Morgan fingerprint density at radius 1 is 0.900 bits per heavy atom. The van der Waals surface area contributed by atoms with Crippen molar-refractivity contribution in [3.05, 3.63) is 69.9 Å². The summed E-state index contributed by atoms with van der Waals surface area (Å²) < 4.78 is 5.58. The summed E-state index contributed by atoms with van der Waals surface area (Å²) in [5, 5.41) is 3.27. The first-order valence-electron chi connectivity index (χ1n) is 10.3. The van der Waals surface area contributed by atoms with Crippen LogP contribution in [-0.4, -0.2) is 36.0 Å². The lowest BCUT2D eigenvalue weighted by Gasteiger charge is -2.17. The fourth-order valence-corrected chi connectivity index (χ4v) is 3.44. The van der Waals surface area contributed by atoms with Crippen LogP contribution < -0.4 is 5.32 Å². The summed E-state index contributed by atoms with van der Waals surface area (Å²) in [6.07, 6.45) is 0.0394. The Kier molecular flexibility index (Phi) is 6.42. The van der Waals surface area contributed by atoms with Crippen molar-refractivity contribution in [2.45, 2.75) is 47.6 Å².